The summed E-state index contributed by atoms with van der Waals surface area (Å²) in [5, 5.41) is 19.5. The molecule has 0 aromatic rings. The Hall–Kier alpha value is 0.920. The highest BCUT2D eigenvalue weighted by Crippen LogP contribution is 2.24. The van der Waals surface area contributed by atoms with Gasteiger partial charge < -0.3 is 19.2 Å². The van der Waals surface area contributed by atoms with Crippen LogP contribution in [0.4, 0.5) is 0 Å². The fourth-order valence-corrected chi connectivity index (χ4v) is 5.08. The predicted octanol–water partition coefficient (Wildman–Crippen LogP) is 0.308. The summed E-state index contributed by atoms with van der Waals surface area (Å²) in [7, 11) is 0. The van der Waals surface area contributed by atoms with Gasteiger partial charge in [0.1, 0.15) is 26.2 Å². The number of hydrogen-bond acceptors (Lipinski definition) is 4. The molecule has 3 rings (SSSR count). The average molecular weight is 484 g/mol. The molecule has 2 atom stereocenters. The van der Waals surface area contributed by atoms with Gasteiger partial charge in [-0.25, -0.2) is 0 Å². The van der Waals surface area contributed by atoms with E-state index in [4.69, 9.17) is 23.2 Å². The standard InChI is InChI=1S/C18H36Cl2N4O2.2ClH/c19-13-17(25)15-21-1-5-23(6-2-21)9-11-24(12-10-23)7-3-22(4-8-24)16-18(26)14-20;;/h17-18,25-26H,1-16H2;2*1H/q+2;;. The van der Waals surface area contributed by atoms with Crippen LogP contribution < -0.4 is 0 Å². The Kier molecular flexibility index (Phi) is 11.6. The molecule has 2 unspecified atom stereocenters. The Morgan fingerprint density at radius 2 is 0.893 bits per heavy atom. The molecule has 3 aliphatic heterocycles. The first-order chi connectivity index (χ1) is 12.5. The van der Waals surface area contributed by atoms with Gasteiger partial charge in [-0.05, 0) is 0 Å². The van der Waals surface area contributed by atoms with Gasteiger partial charge in [-0.3, -0.25) is 9.80 Å². The lowest BCUT2D eigenvalue weighted by atomic mass is 10.1. The van der Waals surface area contributed by atoms with E-state index in [1.807, 2.05) is 0 Å². The summed E-state index contributed by atoms with van der Waals surface area (Å²) in [6.07, 6.45) is -0.793. The molecule has 0 aromatic heterocycles. The number of nitrogens with zero attached hydrogens (tertiary/aromatic N) is 4. The molecule has 0 aromatic carbocycles. The van der Waals surface area contributed by atoms with Crippen molar-refractivity contribution in [3.8, 4) is 0 Å². The van der Waals surface area contributed by atoms with Crippen molar-refractivity contribution in [3.63, 3.8) is 0 Å². The van der Waals surface area contributed by atoms with Crippen molar-refractivity contribution in [2.75, 3.05) is 103 Å². The highest BCUT2D eigenvalue weighted by molar-refractivity contribution is 6.18. The van der Waals surface area contributed by atoms with E-state index in [9.17, 15) is 10.2 Å². The summed E-state index contributed by atoms with van der Waals surface area (Å²) in [6, 6.07) is 0. The van der Waals surface area contributed by atoms with Gasteiger partial charge in [0.05, 0.1) is 38.4 Å². The number of halogens is 4. The number of hydrogen-bond donors (Lipinski definition) is 2. The number of β-amino-alcohol motifs (C(OH)–C–C–N with tert-alkyl or cyclic N) is 2. The quantitative estimate of drug-likeness (QED) is 0.421. The molecule has 3 fully saturated rings. The zero-order valence-corrected chi connectivity index (χ0v) is 19.9. The van der Waals surface area contributed by atoms with Crippen LogP contribution >= 0.6 is 48.0 Å². The van der Waals surface area contributed by atoms with Crippen LogP contribution in [0, 0.1) is 0 Å². The number of piperazine rings is 3. The highest BCUT2D eigenvalue weighted by atomic mass is 35.5. The van der Waals surface area contributed by atoms with Crippen molar-refractivity contribution in [2.24, 2.45) is 0 Å². The van der Waals surface area contributed by atoms with Crippen LogP contribution in [-0.4, -0.2) is 145 Å². The third-order valence-corrected chi connectivity index (χ3v) is 7.67. The molecule has 0 saturated carbocycles. The first kappa shape index (κ1) is 27.0. The van der Waals surface area contributed by atoms with Gasteiger partial charge in [0.25, 0.3) is 0 Å². The van der Waals surface area contributed by atoms with Gasteiger partial charge in [0, 0.05) is 51.0 Å². The van der Waals surface area contributed by atoms with E-state index in [0.717, 1.165) is 26.2 Å². The van der Waals surface area contributed by atoms with Crippen LogP contribution in [0.3, 0.4) is 0 Å². The second kappa shape index (κ2) is 12.1. The summed E-state index contributed by atoms with van der Waals surface area (Å²) in [5.74, 6) is 0.658. The molecule has 3 aliphatic rings. The lowest BCUT2D eigenvalue weighted by Crippen LogP contribution is -2.73. The maximum absolute atomic E-state index is 9.76. The monoisotopic (exact) mass is 482 g/mol. The molecule has 0 radical (unpaired) electrons. The maximum atomic E-state index is 9.76. The van der Waals surface area contributed by atoms with Crippen molar-refractivity contribution in [3.05, 3.63) is 0 Å². The van der Waals surface area contributed by atoms with Crippen LogP contribution in [0.5, 0.6) is 0 Å². The fourth-order valence-electron chi connectivity index (χ4n) is 4.89. The van der Waals surface area contributed by atoms with Crippen LogP contribution in [0.1, 0.15) is 0 Å². The van der Waals surface area contributed by atoms with Crippen molar-refractivity contribution >= 4 is 48.0 Å². The third kappa shape index (κ3) is 6.98. The van der Waals surface area contributed by atoms with Crippen molar-refractivity contribution in [1.82, 2.24) is 9.80 Å². The van der Waals surface area contributed by atoms with E-state index in [0.29, 0.717) is 24.8 Å². The zero-order valence-electron chi connectivity index (χ0n) is 16.7. The largest absolute Gasteiger partial charge is 0.391 e. The number of aliphatic hydroxyl groups excluding tert-OH is 2. The van der Waals surface area contributed by atoms with E-state index in [1.54, 1.807) is 0 Å². The maximum Gasteiger partial charge on any atom is 0.129 e. The van der Waals surface area contributed by atoms with Crippen molar-refractivity contribution < 1.29 is 19.2 Å². The molecular weight excluding hydrogens is 446 g/mol. The second-order valence-corrected chi connectivity index (χ2v) is 9.31. The van der Waals surface area contributed by atoms with E-state index in [2.05, 4.69) is 9.80 Å². The fraction of sp³-hybridized carbons (Fsp3) is 1.00. The smallest absolute Gasteiger partial charge is 0.129 e. The molecule has 168 valence electrons. The molecular formula is C18H38Cl4N4O2+2. The van der Waals surface area contributed by atoms with Gasteiger partial charge in [-0.2, -0.15) is 0 Å². The van der Waals surface area contributed by atoms with Gasteiger partial charge in [0.15, 0.2) is 0 Å². The molecule has 10 heteroatoms. The minimum absolute atomic E-state index is 0. The number of rotatable bonds is 6. The summed E-state index contributed by atoms with van der Waals surface area (Å²) in [6.45, 7) is 15.8. The molecule has 3 heterocycles. The Morgan fingerprint density at radius 3 is 1.14 bits per heavy atom. The van der Waals surface area contributed by atoms with Gasteiger partial charge >= 0.3 is 0 Å². The minimum Gasteiger partial charge on any atom is -0.391 e. The van der Waals surface area contributed by atoms with Crippen molar-refractivity contribution in [2.45, 2.75) is 12.2 Å². The third-order valence-electron chi connectivity index (χ3n) is 6.95. The number of alkyl halides is 2. The van der Waals surface area contributed by atoms with Crippen LogP contribution in [0.25, 0.3) is 0 Å². The van der Waals surface area contributed by atoms with Gasteiger partial charge in [-0.15, -0.1) is 48.0 Å². The second-order valence-electron chi connectivity index (χ2n) is 8.69. The van der Waals surface area contributed by atoms with Gasteiger partial charge in [0.2, 0.25) is 0 Å². The van der Waals surface area contributed by atoms with E-state index >= 15 is 0 Å². The Morgan fingerprint density at radius 1 is 0.607 bits per heavy atom. The lowest BCUT2D eigenvalue weighted by Gasteiger charge is -2.54. The predicted molar refractivity (Wildman–Crippen MR) is 120 cm³/mol. The molecule has 0 bridgehead atoms. The Bertz CT molecular complexity index is 395. The summed E-state index contributed by atoms with van der Waals surface area (Å²) in [4.78, 5) is 4.74. The summed E-state index contributed by atoms with van der Waals surface area (Å²) < 4.78 is 2.53. The highest BCUT2D eigenvalue weighted by Gasteiger charge is 2.45. The first-order valence-corrected chi connectivity index (χ1v) is 11.2. The summed E-state index contributed by atoms with van der Waals surface area (Å²) in [5.41, 5.74) is 0. The minimum atomic E-state index is -0.396. The summed E-state index contributed by atoms with van der Waals surface area (Å²) >= 11 is 11.5. The number of aliphatic hydroxyl groups is 2. The van der Waals surface area contributed by atoms with Crippen LogP contribution in [0.2, 0.25) is 0 Å². The van der Waals surface area contributed by atoms with Crippen LogP contribution in [0.15, 0.2) is 0 Å². The van der Waals surface area contributed by atoms with Crippen LogP contribution in [-0.2, 0) is 0 Å². The molecule has 3 saturated heterocycles. The molecule has 0 amide bonds. The molecule has 0 aliphatic carbocycles. The Labute approximate surface area is 192 Å². The van der Waals surface area contributed by atoms with Crippen molar-refractivity contribution in [1.29, 1.82) is 0 Å². The average Bonchev–Trinajstić information content (AvgIpc) is 2.68. The van der Waals surface area contributed by atoms with Gasteiger partial charge in [-0.1, -0.05) is 0 Å². The SMILES string of the molecule is Cl.Cl.OC(CCl)CN1CC[N+]2(CC1)CC[N+]1(CCN(CC(O)CCl)CC1)CC2. The van der Waals surface area contributed by atoms with E-state index in [1.165, 1.54) is 61.3 Å². The van der Waals surface area contributed by atoms with E-state index in [-0.39, 0.29) is 24.8 Å². The molecule has 2 spiro atoms. The lowest BCUT2D eigenvalue weighted by molar-refractivity contribution is -1.03. The number of quaternary nitrogens is 2. The Balaban J connectivity index is 0.00000196. The molecule has 28 heavy (non-hydrogen) atoms. The zero-order chi connectivity index (χ0) is 18.6. The van der Waals surface area contributed by atoms with E-state index < -0.39 is 12.2 Å². The topological polar surface area (TPSA) is 46.9 Å². The molecule has 2 N–H and O–H groups in total. The normalized spacial score (nSPS) is 27.0. The first-order valence-electron chi connectivity index (χ1n) is 10.1. The molecule has 6 nitrogen and oxygen atoms in total.